The second kappa shape index (κ2) is 6.47. The summed E-state index contributed by atoms with van der Waals surface area (Å²) in [6.45, 7) is -0.115. The fourth-order valence-corrected chi connectivity index (χ4v) is 2.28. The van der Waals surface area contributed by atoms with Gasteiger partial charge in [-0.3, -0.25) is 4.79 Å². The maximum atomic E-state index is 13.1. The topological polar surface area (TPSA) is 26.3 Å². The summed E-state index contributed by atoms with van der Waals surface area (Å²) >= 11 is 5.34. The number of carbonyl (C=O) groups excluding carboxylic acids is 1. The van der Waals surface area contributed by atoms with Crippen molar-refractivity contribution in [2.24, 2.45) is 0 Å². The predicted molar refractivity (Wildman–Crippen MR) is 83.1 cm³/mol. The molecule has 0 saturated heterocycles. The van der Waals surface area contributed by atoms with Crippen molar-refractivity contribution in [2.75, 3.05) is 6.61 Å². The van der Waals surface area contributed by atoms with Crippen LogP contribution in [0, 0.1) is 9.39 Å². The average molecular weight is 435 g/mol. The molecule has 0 aliphatic carbocycles. The molecule has 0 amide bonds. The molecule has 2 nitrogen and oxygen atoms in total. The number of hydrogen-bond acceptors (Lipinski definition) is 2. The van der Waals surface area contributed by atoms with Crippen molar-refractivity contribution in [1.82, 2.24) is 0 Å². The maximum absolute atomic E-state index is 13.1. The van der Waals surface area contributed by atoms with Crippen LogP contribution < -0.4 is 4.74 Å². The summed E-state index contributed by atoms with van der Waals surface area (Å²) in [5.41, 5.74) is 0.580. The van der Waals surface area contributed by atoms with Crippen LogP contribution in [0.15, 0.2) is 46.9 Å². The lowest BCUT2D eigenvalue weighted by Crippen LogP contribution is -2.11. The first-order valence-electron chi connectivity index (χ1n) is 5.42. The SMILES string of the molecule is O=C(COc1cc(F)cc(Br)c1)c1ccc(I)cc1. The van der Waals surface area contributed by atoms with Crippen LogP contribution >= 0.6 is 38.5 Å². The van der Waals surface area contributed by atoms with Crippen LogP contribution in [0.5, 0.6) is 5.75 Å². The van der Waals surface area contributed by atoms with Crippen LogP contribution in [-0.4, -0.2) is 12.4 Å². The van der Waals surface area contributed by atoms with Gasteiger partial charge in [-0.05, 0) is 46.9 Å². The normalized spacial score (nSPS) is 10.3. The summed E-state index contributed by atoms with van der Waals surface area (Å²) in [5.74, 6) is -0.228. The molecule has 0 aliphatic heterocycles. The Morgan fingerprint density at radius 2 is 1.89 bits per heavy atom. The largest absolute Gasteiger partial charge is 0.485 e. The van der Waals surface area contributed by atoms with Crippen molar-refractivity contribution >= 4 is 44.3 Å². The lowest BCUT2D eigenvalue weighted by molar-refractivity contribution is 0.0921. The standard InChI is InChI=1S/C14H9BrFIO2/c15-10-5-11(16)7-13(6-10)19-8-14(18)9-1-3-12(17)4-2-9/h1-7H,8H2. The zero-order valence-electron chi connectivity index (χ0n) is 9.70. The van der Waals surface area contributed by atoms with Crippen molar-refractivity contribution in [2.45, 2.75) is 0 Å². The quantitative estimate of drug-likeness (QED) is 0.524. The van der Waals surface area contributed by atoms with Crippen LogP contribution in [0.3, 0.4) is 0 Å². The summed E-state index contributed by atoms with van der Waals surface area (Å²) in [5, 5.41) is 0. The number of Topliss-reactive ketones (excluding diaryl/α,β-unsaturated/α-hetero) is 1. The van der Waals surface area contributed by atoms with E-state index in [1.807, 2.05) is 12.1 Å². The van der Waals surface area contributed by atoms with Crippen molar-refractivity contribution in [3.63, 3.8) is 0 Å². The van der Waals surface area contributed by atoms with Gasteiger partial charge in [0.1, 0.15) is 11.6 Å². The van der Waals surface area contributed by atoms with Crippen LogP contribution in [-0.2, 0) is 0 Å². The molecule has 0 unspecified atom stereocenters. The van der Waals surface area contributed by atoms with E-state index in [2.05, 4.69) is 38.5 Å². The Morgan fingerprint density at radius 3 is 2.53 bits per heavy atom. The van der Waals surface area contributed by atoms with Crippen molar-refractivity contribution in [3.05, 3.63) is 61.9 Å². The smallest absolute Gasteiger partial charge is 0.200 e. The van der Waals surface area contributed by atoms with E-state index in [-0.39, 0.29) is 12.4 Å². The molecule has 0 saturated carbocycles. The molecule has 0 N–H and O–H groups in total. The summed E-state index contributed by atoms with van der Waals surface area (Å²) < 4.78 is 20.0. The molecule has 0 aromatic heterocycles. The highest BCUT2D eigenvalue weighted by atomic mass is 127. The molecule has 98 valence electrons. The van der Waals surface area contributed by atoms with Gasteiger partial charge in [-0.2, -0.15) is 0 Å². The van der Waals surface area contributed by atoms with Gasteiger partial charge >= 0.3 is 0 Å². The third-order valence-corrected chi connectivity index (χ3v) is 3.55. The van der Waals surface area contributed by atoms with Gasteiger partial charge in [0.05, 0.1) is 0 Å². The molecule has 0 aliphatic rings. The van der Waals surface area contributed by atoms with Crippen LogP contribution in [0.4, 0.5) is 4.39 Å². The third-order valence-electron chi connectivity index (χ3n) is 2.37. The van der Waals surface area contributed by atoms with Crippen LogP contribution in [0.1, 0.15) is 10.4 Å². The maximum Gasteiger partial charge on any atom is 0.200 e. The van der Waals surface area contributed by atoms with Crippen molar-refractivity contribution < 1.29 is 13.9 Å². The van der Waals surface area contributed by atoms with Gasteiger partial charge in [-0.1, -0.05) is 28.1 Å². The molecule has 0 bridgehead atoms. The zero-order valence-corrected chi connectivity index (χ0v) is 13.4. The Bertz CT molecular complexity index is 579. The molecule has 5 heteroatoms. The van der Waals surface area contributed by atoms with E-state index >= 15 is 0 Å². The van der Waals surface area contributed by atoms with E-state index < -0.39 is 5.82 Å². The summed E-state index contributed by atoms with van der Waals surface area (Å²) in [6, 6.07) is 11.4. The number of carbonyl (C=O) groups is 1. The molecule has 0 fully saturated rings. The van der Waals surface area contributed by atoms with Gasteiger partial charge in [0, 0.05) is 19.7 Å². The first-order chi connectivity index (χ1) is 9.04. The average Bonchev–Trinajstić information content (AvgIpc) is 2.36. The summed E-state index contributed by atoms with van der Waals surface area (Å²) in [6.07, 6.45) is 0. The van der Waals surface area contributed by atoms with E-state index in [0.29, 0.717) is 15.8 Å². The van der Waals surface area contributed by atoms with E-state index in [1.54, 1.807) is 18.2 Å². The molecule has 2 aromatic rings. The number of ether oxygens (including phenoxy) is 1. The molecule has 0 atom stereocenters. The minimum Gasteiger partial charge on any atom is -0.485 e. The highest BCUT2D eigenvalue weighted by molar-refractivity contribution is 14.1. The number of halogens is 3. The molecule has 0 spiro atoms. The minimum atomic E-state index is -0.411. The van der Waals surface area contributed by atoms with Gasteiger partial charge in [-0.15, -0.1) is 0 Å². The lowest BCUT2D eigenvalue weighted by atomic mass is 10.1. The van der Waals surface area contributed by atoms with Crippen molar-refractivity contribution in [1.29, 1.82) is 0 Å². The molecular weight excluding hydrogens is 426 g/mol. The van der Waals surface area contributed by atoms with Gasteiger partial charge < -0.3 is 4.74 Å². The Kier molecular flexibility index (Phi) is 4.93. The van der Waals surface area contributed by atoms with E-state index in [0.717, 1.165) is 3.57 Å². The van der Waals surface area contributed by atoms with Gasteiger partial charge in [0.25, 0.3) is 0 Å². The molecule has 2 rings (SSSR count). The Morgan fingerprint density at radius 1 is 1.21 bits per heavy atom. The Balaban J connectivity index is 2.02. The zero-order chi connectivity index (χ0) is 13.8. The first-order valence-corrected chi connectivity index (χ1v) is 7.29. The second-order valence-corrected chi connectivity index (χ2v) is 5.99. The highest BCUT2D eigenvalue weighted by Crippen LogP contribution is 2.20. The van der Waals surface area contributed by atoms with E-state index in [9.17, 15) is 9.18 Å². The monoisotopic (exact) mass is 434 g/mol. The minimum absolute atomic E-state index is 0.115. The van der Waals surface area contributed by atoms with Gasteiger partial charge in [0.15, 0.2) is 12.4 Å². The van der Waals surface area contributed by atoms with E-state index in [1.165, 1.54) is 12.1 Å². The van der Waals surface area contributed by atoms with Gasteiger partial charge in [0.2, 0.25) is 0 Å². The third kappa shape index (κ3) is 4.28. The lowest BCUT2D eigenvalue weighted by Gasteiger charge is -2.06. The fraction of sp³-hybridized carbons (Fsp3) is 0.0714. The number of ketones is 1. The first kappa shape index (κ1) is 14.5. The molecule has 19 heavy (non-hydrogen) atoms. The highest BCUT2D eigenvalue weighted by Gasteiger charge is 2.07. The molecule has 2 aromatic carbocycles. The number of benzene rings is 2. The van der Waals surface area contributed by atoms with Crippen molar-refractivity contribution in [3.8, 4) is 5.75 Å². The molecule has 0 heterocycles. The van der Waals surface area contributed by atoms with Crippen LogP contribution in [0.25, 0.3) is 0 Å². The summed E-state index contributed by atoms with van der Waals surface area (Å²) in [4.78, 5) is 11.9. The second-order valence-electron chi connectivity index (χ2n) is 3.82. The predicted octanol–water partition coefficient (Wildman–Crippen LogP) is 4.45. The number of rotatable bonds is 4. The Hall–Kier alpha value is -0.950. The van der Waals surface area contributed by atoms with E-state index in [4.69, 9.17) is 4.74 Å². The summed E-state index contributed by atoms with van der Waals surface area (Å²) in [7, 11) is 0. The molecular formula is C14H9BrFIO2. The van der Waals surface area contributed by atoms with Gasteiger partial charge in [-0.25, -0.2) is 4.39 Å². The Labute approximate surface area is 132 Å². The fourth-order valence-electron chi connectivity index (χ4n) is 1.48. The number of hydrogen-bond donors (Lipinski definition) is 0. The molecule has 0 radical (unpaired) electrons. The van der Waals surface area contributed by atoms with Crippen LogP contribution in [0.2, 0.25) is 0 Å².